The summed E-state index contributed by atoms with van der Waals surface area (Å²) in [6.07, 6.45) is 0. The van der Waals surface area contributed by atoms with E-state index in [1.807, 2.05) is 0 Å². The molecule has 0 aliphatic carbocycles. The van der Waals surface area contributed by atoms with Gasteiger partial charge in [0, 0.05) is 5.56 Å². The molecule has 0 aliphatic heterocycles. The van der Waals surface area contributed by atoms with Gasteiger partial charge in [-0.05, 0) is 36.4 Å². The van der Waals surface area contributed by atoms with Gasteiger partial charge in [-0.1, -0.05) is 18.2 Å². The molecule has 0 saturated heterocycles. The monoisotopic (exact) mass is 256 g/mol. The highest BCUT2D eigenvalue weighted by Gasteiger charge is 2.11. The summed E-state index contributed by atoms with van der Waals surface area (Å²) < 4.78 is 4.92. The predicted molar refractivity (Wildman–Crippen MR) is 69.2 cm³/mol. The maximum atomic E-state index is 11.7. The molecule has 0 saturated carbocycles. The van der Waals surface area contributed by atoms with Crippen LogP contribution in [-0.4, -0.2) is 23.5 Å². The van der Waals surface area contributed by atoms with Crippen LogP contribution in [0.3, 0.4) is 0 Å². The Kier molecular flexibility index (Phi) is 3.93. The van der Waals surface area contributed by atoms with Crippen molar-refractivity contribution in [2.24, 2.45) is 0 Å². The van der Waals surface area contributed by atoms with Crippen molar-refractivity contribution in [2.75, 3.05) is 6.61 Å². The molecular weight excluding hydrogens is 244 g/mol. The SMILES string of the molecule is O=C(COC(=O)c1ccccc1)c1ccc(O)cc1. The van der Waals surface area contributed by atoms with E-state index in [9.17, 15) is 9.59 Å². The Morgan fingerprint density at radius 2 is 1.53 bits per heavy atom. The van der Waals surface area contributed by atoms with Crippen LogP contribution in [0.5, 0.6) is 5.75 Å². The number of hydrogen-bond acceptors (Lipinski definition) is 4. The number of ketones is 1. The van der Waals surface area contributed by atoms with E-state index >= 15 is 0 Å². The minimum Gasteiger partial charge on any atom is -0.508 e. The topological polar surface area (TPSA) is 63.6 Å². The van der Waals surface area contributed by atoms with Gasteiger partial charge in [0.25, 0.3) is 0 Å². The fourth-order valence-corrected chi connectivity index (χ4v) is 1.52. The summed E-state index contributed by atoms with van der Waals surface area (Å²) in [5.41, 5.74) is 0.791. The molecule has 0 spiro atoms. The van der Waals surface area contributed by atoms with E-state index in [0.29, 0.717) is 11.1 Å². The van der Waals surface area contributed by atoms with E-state index in [1.165, 1.54) is 24.3 Å². The fraction of sp³-hybridized carbons (Fsp3) is 0.0667. The van der Waals surface area contributed by atoms with Gasteiger partial charge in [0.2, 0.25) is 0 Å². The first-order chi connectivity index (χ1) is 9.16. The molecular formula is C15H12O4. The van der Waals surface area contributed by atoms with Gasteiger partial charge in [-0.3, -0.25) is 4.79 Å². The Morgan fingerprint density at radius 3 is 2.16 bits per heavy atom. The highest BCUT2D eigenvalue weighted by atomic mass is 16.5. The molecule has 0 aliphatic rings. The number of aromatic hydroxyl groups is 1. The molecule has 96 valence electrons. The molecule has 0 unspecified atom stereocenters. The normalized spacial score (nSPS) is 9.89. The van der Waals surface area contributed by atoms with Gasteiger partial charge in [0.1, 0.15) is 5.75 Å². The summed E-state index contributed by atoms with van der Waals surface area (Å²) in [5, 5.41) is 9.11. The smallest absolute Gasteiger partial charge is 0.338 e. The number of Topliss-reactive ketones (excluding diaryl/α,β-unsaturated/α-hetero) is 1. The van der Waals surface area contributed by atoms with E-state index < -0.39 is 5.97 Å². The zero-order valence-electron chi connectivity index (χ0n) is 10.1. The Morgan fingerprint density at radius 1 is 0.895 bits per heavy atom. The maximum absolute atomic E-state index is 11.7. The summed E-state index contributed by atoms with van der Waals surface area (Å²) in [6.45, 7) is -0.321. The first-order valence-corrected chi connectivity index (χ1v) is 5.71. The van der Waals surface area contributed by atoms with Crippen LogP contribution < -0.4 is 0 Å². The summed E-state index contributed by atoms with van der Waals surface area (Å²) in [4.78, 5) is 23.4. The standard InChI is InChI=1S/C15H12O4/c16-13-8-6-11(7-9-13)14(17)10-19-15(18)12-4-2-1-3-5-12/h1-9,16H,10H2. The highest BCUT2D eigenvalue weighted by molar-refractivity contribution is 5.99. The lowest BCUT2D eigenvalue weighted by Gasteiger charge is -2.04. The Balaban J connectivity index is 1.94. The van der Waals surface area contributed by atoms with E-state index in [4.69, 9.17) is 9.84 Å². The third-order valence-corrected chi connectivity index (χ3v) is 2.53. The van der Waals surface area contributed by atoms with Crippen LogP contribution >= 0.6 is 0 Å². The summed E-state index contributed by atoms with van der Waals surface area (Å²) >= 11 is 0. The van der Waals surface area contributed by atoms with Crippen molar-refractivity contribution in [3.05, 3.63) is 65.7 Å². The van der Waals surface area contributed by atoms with E-state index in [2.05, 4.69) is 0 Å². The third-order valence-electron chi connectivity index (χ3n) is 2.53. The van der Waals surface area contributed by atoms with Gasteiger partial charge < -0.3 is 9.84 Å². The van der Waals surface area contributed by atoms with Crippen LogP contribution in [0.1, 0.15) is 20.7 Å². The number of phenolic OH excluding ortho intramolecular Hbond substituents is 1. The number of phenols is 1. The number of ether oxygens (including phenoxy) is 1. The molecule has 2 rings (SSSR count). The van der Waals surface area contributed by atoms with Crippen LogP contribution in [0, 0.1) is 0 Å². The quantitative estimate of drug-likeness (QED) is 0.674. The molecule has 0 aromatic heterocycles. The molecule has 0 radical (unpaired) electrons. The van der Waals surface area contributed by atoms with Crippen molar-refractivity contribution in [1.29, 1.82) is 0 Å². The number of hydrogen-bond donors (Lipinski definition) is 1. The lowest BCUT2D eigenvalue weighted by atomic mass is 10.1. The van der Waals surface area contributed by atoms with Crippen LogP contribution in [0.25, 0.3) is 0 Å². The second-order valence-corrected chi connectivity index (χ2v) is 3.91. The number of carbonyl (C=O) groups excluding carboxylic acids is 2. The van der Waals surface area contributed by atoms with Gasteiger partial charge in [0.15, 0.2) is 12.4 Å². The third kappa shape index (κ3) is 3.42. The molecule has 0 fully saturated rings. The van der Waals surface area contributed by atoms with Crippen molar-refractivity contribution in [3.63, 3.8) is 0 Å². The molecule has 2 aromatic carbocycles. The Labute approximate surface area is 110 Å². The molecule has 0 heterocycles. The van der Waals surface area contributed by atoms with Crippen molar-refractivity contribution in [1.82, 2.24) is 0 Å². The summed E-state index contributed by atoms with van der Waals surface area (Å²) in [5.74, 6) is -0.769. The number of benzene rings is 2. The predicted octanol–water partition coefficient (Wildman–Crippen LogP) is 2.43. The minimum atomic E-state index is -0.535. The van der Waals surface area contributed by atoms with Crippen LogP contribution in [-0.2, 0) is 4.74 Å². The number of rotatable bonds is 4. The van der Waals surface area contributed by atoms with E-state index in [0.717, 1.165) is 0 Å². The zero-order chi connectivity index (χ0) is 13.7. The van der Waals surface area contributed by atoms with Gasteiger partial charge in [-0.25, -0.2) is 4.79 Å². The summed E-state index contributed by atoms with van der Waals surface area (Å²) in [6, 6.07) is 14.2. The molecule has 0 bridgehead atoms. The van der Waals surface area contributed by atoms with Gasteiger partial charge in [0.05, 0.1) is 5.56 Å². The van der Waals surface area contributed by atoms with Crippen molar-refractivity contribution in [3.8, 4) is 5.75 Å². The first kappa shape index (κ1) is 12.8. The van der Waals surface area contributed by atoms with Crippen LogP contribution in [0.15, 0.2) is 54.6 Å². The average molecular weight is 256 g/mol. The molecule has 1 N–H and O–H groups in total. The largest absolute Gasteiger partial charge is 0.508 e. The second-order valence-electron chi connectivity index (χ2n) is 3.91. The maximum Gasteiger partial charge on any atom is 0.338 e. The lowest BCUT2D eigenvalue weighted by Crippen LogP contribution is -2.14. The van der Waals surface area contributed by atoms with E-state index in [1.54, 1.807) is 30.3 Å². The molecule has 0 amide bonds. The van der Waals surface area contributed by atoms with Crippen LogP contribution in [0.4, 0.5) is 0 Å². The van der Waals surface area contributed by atoms with Gasteiger partial charge in [-0.2, -0.15) is 0 Å². The Hall–Kier alpha value is -2.62. The van der Waals surface area contributed by atoms with Crippen molar-refractivity contribution in [2.45, 2.75) is 0 Å². The van der Waals surface area contributed by atoms with Crippen LogP contribution in [0.2, 0.25) is 0 Å². The molecule has 4 nitrogen and oxygen atoms in total. The van der Waals surface area contributed by atoms with Crippen molar-refractivity contribution < 1.29 is 19.4 Å². The Bertz CT molecular complexity index is 573. The van der Waals surface area contributed by atoms with Gasteiger partial charge in [-0.15, -0.1) is 0 Å². The average Bonchev–Trinajstić information content (AvgIpc) is 2.46. The molecule has 19 heavy (non-hydrogen) atoms. The van der Waals surface area contributed by atoms with Gasteiger partial charge >= 0.3 is 5.97 Å². The van der Waals surface area contributed by atoms with Crippen molar-refractivity contribution >= 4 is 11.8 Å². The molecule has 0 atom stereocenters. The zero-order valence-corrected chi connectivity index (χ0v) is 10.1. The minimum absolute atomic E-state index is 0.0813. The fourth-order valence-electron chi connectivity index (χ4n) is 1.52. The lowest BCUT2D eigenvalue weighted by molar-refractivity contribution is 0.0474. The molecule has 4 heteroatoms. The number of carbonyl (C=O) groups is 2. The first-order valence-electron chi connectivity index (χ1n) is 5.71. The highest BCUT2D eigenvalue weighted by Crippen LogP contribution is 2.10. The number of esters is 1. The summed E-state index contributed by atoms with van der Waals surface area (Å²) in [7, 11) is 0. The van der Waals surface area contributed by atoms with E-state index in [-0.39, 0.29) is 18.1 Å². The second kappa shape index (κ2) is 5.82. The molecule has 2 aromatic rings.